The third-order valence-corrected chi connectivity index (χ3v) is 5.90. The molecule has 4 aromatic rings. The van der Waals surface area contributed by atoms with Gasteiger partial charge < -0.3 is 9.47 Å². The second-order valence-corrected chi connectivity index (χ2v) is 7.63. The van der Waals surface area contributed by atoms with E-state index in [0.717, 1.165) is 16.3 Å². The summed E-state index contributed by atoms with van der Waals surface area (Å²) >= 11 is 0. The molecule has 6 nitrogen and oxygen atoms in total. The number of carbonyl (C=O) groups is 4. The first-order valence-electron chi connectivity index (χ1n) is 9.60. The Kier molecular flexibility index (Phi) is 3.31. The fourth-order valence-corrected chi connectivity index (χ4v) is 4.52. The van der Waals surface area contributed by atoms with E-state index in [1.807, 2.05) is 43.3 Å². The van der Waals surface area contributed by atoms with Gasteiger partial charge in [0.05, 0.1) is 22.3 Å². The summed E-state index contributed by atoms with van der Waals surface area (Å²) in [7, 11) is 0. The Morgan fingerprint density at radius 3 is 1.97 bits per heavy atom. The molecule has 2 heterocycles. The molecule has 0 saturated carbocycles. The summed E-state index contributed by atoms with van der Waals surface area (Å²) in [6.07, 6.45) is 0. The first-order chi connectivity index (χ1) is 14.9. The summed E-state index contributed by atoms with van der Waals surface area (Å²) in [6, 6.07) is 16.1. The molecule has 2 aliphatic heterocycles. The Balaban J connectivity index is 1.82. The van der Waals surface area contributed by atoms with E-state index in [1.165, 1.54) is 0 Å². The zero-order valence-electron chi connectivity index (χ0n) is 16.1. The number of cyclic esters (lactones) is 4. The molecule has 0 radical (unpaired) electrons. The second kappa shape index (κ2) is 5.86. The molecule has 4 aromatic carbocycles. The molecule has 0 atom stereocenters. The number of benzene rings is 4. The summed E-state index contributed by atoms with van der Waals surface area (Å²) in [5, 5.41) is 2.96. The molecule has 0 bridgehead atoms. The number of esters is 4. The van der Waals surface area contributed by atoms with Crippen LogP contribution in [0.4, 0.5) is 0 Å². The van der Waals surface area contributed by atoms with Crippen molar-refractivity contribution in [2.24, 2.45) is 0 Å². The predicted octanol–water partition coefficient (Wildman–Crippen LogP) is 4.59. The fraction of sp³-hybridized carbons (Fsp3) is 0.0400. The Morgan fingerprint density at radius 2 is 1.16 bits per heavy atom. The number of ether oxygens (including phenoxy) is 2. The van der Waals surface area contributed by atoms with Gasteiger partial charge in [0.1, 0.15) is 0 Å². The first kappa shape index (κ1) is 17.5. The van der Waals surface area contributed by atoms with Gasteiger partial charge >= 0.3 is 23.9 Å². The van der Waals surface area contributed by atoms with Crippen LogP contribution in [-0.4, -0.2) is 23.9 Å². The average molecular weight is 408 g/mol. The molecule has 0 amide bonds. The van der Waals surface area contributed by atoms with Crippen LogP contribution in [0.15, 0.2) is 54.6 Å². The van der Waals surface area contributed by atoms with Gasteiger partial charge in [-0.1, -0.05) is 36.4 Å². The summed E-state index contributed by atoms with van der Waals surface area (Å²) in [5.74, 6) is -2.76. The maximum atomic E-state index is 12.7. The van der Waals surface area contributed by atoms with Crippen LogP contribution >= 0.6 is 0 Å². The number of carbonyl (C=O) groups excluding carboxylic acids is 4. The Bertz CT molecular complexity index is 1560. The van der Waals surface area contributed by atoms with Crippen molar-refractivity contribution in [3.05, 3.63) is 82.4 Å². The van der Waals surface area contributed by atoms with Crippen LogP contribution in [-0.2, 0) is 9.47 Å². The molecule has 0 saturated heterocycles. The van der Waals surface area contributed by atoms with Crippen molar-refractivity contribution in [2.75, 3.05) is 0 Å². The lowest BCUT2D eigenvalue weighted by atomic mass is 9.85. The number of hydrogen-bond donors (Lipinski definition) is 0. The highest BCUT2D eigenvalue weighted by Gasteiger charge is 2.36. The van der Waals surface area contributed by atoms with Crippen LogP contribution in [0, 0.1) is 6.92 Å². The summed E-state index contributed by atoms with van der Waals surface area (Å²) in [4.78, 5) is 49.2. The summed E-state index contributed by atoms with van der Waals surface area (Å²) in [5.41, 5.74) is 2.93. The van der Waals surface area contributed by atoms with Gasteiger partial charge in [-0.05, 0) is 57.8 Å². The van der Waals surface area contributed by atoms with Gasteiger partial charge in [-0.25, -0.2) is 19.2 Å². The highest BCUT2D eigenvalue weighted by atomic mass is 16.6. The molecule has 6 heteroatoms. The third-order valence-electron chi connectivity index (χ3n) is 5.90. The van der Waals surface area contributed by atoms with E-state index < -0.39 is 23.9 Å². The van der Waals surface area contributed by atoms with Gasteiger partial charge in [0, 0.05) is 5.56 Å². The van der Waals surface area contributed by atoms with Gasteiger partial charge in [-0.3, -0.25) is 0 Å². The minimum atomic E-state index is -0.702. The van der Waals surface area contributed by atoms with Crippen molar-refractivity contribution in [1.29, 1.82) is 0 Å². The lowest BCUT2D eigenvalue weighted by molar-refractivity contribution is 0.0426. The monoisotopic (exact) mass is 408 g/mol. The molecular weight excluding hydrogens is 396 g/mol. The molecule has 6 rings (SSSR count). The molecule has 0 aliphatic carbocycles. The van der Waals surface area contributed by atoms with Gasteiger partial charge in [0.2, 0.25) is 0 Å². The van der Waals surface area contributed by atoms with Crippen LogP contribution in [0.25, 0.3) is 32.7 Å². The highest BCUT2D eigenvalue weighted by Crippen LogP contribution is 2.43. The van der Waals surface area contributed by atoms with Crippen LogP contribution in [0.3, 0.4) is 0 Å². The number of rotatable bonds is 1. The minimum absolute atomic E-state index is 0.180. The smallest absolute Gasteiger partial charge is 0.347 e. The van der Waals surface area contributed by atoms with Crippen molar-refractivity contribution in [3.8, 4) is 11.1 Å². The topological polar surface area (TPSA) is 86.7 Å². The van der Waals surface area contributed by atoms with E-state index in [4.69, 9.17) is 9.47 Å². The predicted molar refractivity (Wildman–Crippen MR) is 111 cm³/mol. The van der Waals surface area contributed by atoms with Crippen molar-refractivity contribution in [1.82, 2.24) is 0 Å². The van der Waals surface area contributed by atoms with Crippen LogP contribution in [0.2, 0.25) is 0 Å². The zero-order valence-corrected chi connectivity index (χ0v) is 16.1. The number of aryl methyl sites for hydroxylation is 1. The maximum absolute atomic E-state index is 12.7. The number of hydrogen-bond acceptors (Lipinski definition) is 6. The lowest BCUT2D eigenvalue weighted by Crippen LogP contribution is -2.01. The van der Waals surface area contributed by atoms with Crippen LogP contribution < -0.4 is 0 Å². The van der Waals surface area contributed by atoms with Gasteiger partial charge in [0.15, 0.2) is 0 Å². The normalized spacial score (nSPS) is 14.7. The number of fused-ring (bicyclic) bond motifs is 4. The molecular formula is C25H12O6. The van der Waals surface area contributed by atoms with Gasteiger partial charge in [-0.2, -0.15) is 0 Å². The Morgan fingerprint density at radius 1 is 0.548 bits per heavy atom. The maximum Gasteiger partial charge on any atom is 0.347 e. The van der Waals surface area contributed by atoms with Crippen molar-refractivity contribution >= 4 is 45.4 Å². The molecule has 0 fully saturated rings. The lowest BCUT2D eigenvalue weighted by Gasteiger charge is -2.16. The molecule has 0 aromatic heterocycles. The quantitative estimate of drug-likeness (QED) is 0.338. The molecule has 2 aliphatic rings. The summed E-state index contributed by atoms with van der Waals surface area (Å²) in [6.45, 7) is 1.89. The second-order valence-electron chi connectivity index (χ2n) is 7.63. The van der Waals surface area contributed by atoms with E-state index in [0.29, 0.717) is 21.9 Å². The fourth-order valence-electron chi connectivity index (χ4n) is 4.52. The van der Waals surface area contributed by atoms with Gasteiger partial charge in [-0.15, -0.1) is 0 Å². The average Bonchev–Trinajstić information content (AvgIpc) is 3.20. The minimum Gasteiger partial charge on any atom is -0.386 e. The molecule has 0 unspecified atom stereocenters. The van der Waals surface area contributed by atoms with Gasteiger partial charge in [0.25, 0.3) is 0 Å². The summed E-state index contributed by atoms with van der Waals surface area (Å²) < 4.78 is 9.68. The standard InChI is InChI=1S/C25H12O6/c1-11-6-7-13-8-16-17(23(27)30-22(16)26)10-15(13)19(11)20-14-5-3-2-4-12(14)9-18-21(20)25(29)31-24(18)28/h2-10H,1H3. The zero-order chi connectivity index (χ0) is 21.4. The van der Waals surface area contributed by atoms with Crippen LogP contribution in [0.1, 0.15) is 47.0 Å². The molecule has 148 valence electrons. The third kappa shape index (κ3) is 2.27. The van der Waals surface area contributed by atoms with Crippen molar-refractivity contribution in [2.45, 2.75) is 6.92 Å². The Labute approximate surface area is 175 Å². The van der Waals surface area contributed by atoms with Crippen molar-refractivity contribution < 1.29 is 28.7 Å². The van der Waals surface area contributed by atoms with E-state index in [1.54, 1.807) is 18.2 Å². The first-order valence-corrected chi connectivity index (χ1v) is 9.60. The van der Waals surface area contributed by atoms with E-state index in [9.17, 15) is 19.2 Å². The van der Waals surface area contributed by atoms with E-state index in [2.05, 4.69) is 0 Å². The SMILES string of the molecule is Cc1ccc2cc3c(cc2c1-c1c2c(cc4ccccc14)C(=O)OC2=O)C(=O)OC3=O. The molecule has 31 heavy (non-hydrogen) atoms. The highest BCUT2D eigenvalue weighted by molar-refractivity contribution is 6.25. The van der Waals surface area contributed by atoms with Crippen molar-refractivity contribution in [3.63, 3.8) is 0 Å². The molecule has 0 spiro atoms. The van der Waals surface area contributed by atoms with E-state index >= 15 is 0 Å². The largest absolute Gasteiger partial charge is 0.386 e. The Hall–Kier alpha value is -4.32. The molecule has 0 N–H and O–H groups in total. The van der Waals surface area contributed by atoms with Crippen LogP contribution in [0.5, 0.6) is 0 Å². The van der Waals surface area contributed by atoms with E-state index in [-0.39, 0.29) is 22.3 Å².